The van der Waals surface area contributed by atoms with E-state index in [-0.39, 0.29) is 29.4 Å². The molecule has 21 heavy (non-hydrogen) atoms. The molecule has 0 spiro atoms. The van der Waals surface area contributed by atoms with Crippen molar-refractivity contribution < 1.29 is 14.2 Å². The van der Waals surface area contributed by atoms with Crippen molar-refractivity contribution in [3.63, 3.8) is 0 Å². The first-order valence-electron chi connectivity index (χ1n) is 5.83. The van der Waals surface area contributed by atoms with E-state index in [1.165, 1.54) is 12.1 Å². The third-order valence-corrected chi connectivity index (χ3v) is 2.58. The summed E-state index contributed by atoms with van der Waals surface area (Å²) in [7, 11) is 0. The van der Waals surface area contributed by atoms with E-state index in [0.717, 1.165) is 6.07 Å². The van der Waals surface area contributed by atoms with Gasteiger partial charge in [0.2, 0.25) is 5.89 Å². The lowest BCUT2D eigenvalue weighted by Gasteiger charge is -2.08. The Kier molecular flexibility index (Phi) is 4.09. The Morgan fingerprint density at radius 3 is 2.86 bits per heavy atom. The molecule has 0 saturated carbocycles. The number of benzene rings is 1. The molecule has 0 radical (unpaired) electrons. The number of anilines is 1. The van der Waals surface area contributed by atoms with Crippen LogP contribution in [0.25, 0.3) is 0 Å². The highest BCUT2D eigenvalue weighted by Gasteiger charge is 2.17. The maximum Gasteiger partial charge on any atom is 0.270 e. The SMILES string of the molecule is Cc1noc(CNC(=O)c2cc([N+](=O)[O-])ccc2NN)n1. The van der Waals surface area contributed by atoms with Crippen LogP contribution in [0.15, 0.2) is 22.7 Å². The van der Waals surface area contributed by atoms with Crippen LogP contribution >= 0.6 is 0 Å². The first-order valence-corrected chi connectivity index (χ1v) is 5.83. The van der Waals surface area contributed by atoms with Crippen LogP contribution in [-0.4, -0.2) is 21.0 Å². The fourth-order valence-corrected chi connectivity index (χ4v) is 1.62. The zero-order valence-corrected chi connectivity index (χ0v) is 11.0. The minimum absolute atomic E-state index is 0.00633. The van der Waals surface area contributed by atoms with E-state index in [2.05, 4.69) is 20.9 Å². The van der Waals surface area contributed by atoms with E-state index >= 15 is 0 Å². The lowest BCUT2D eigenvalue weighted by molar-refractivity contribution is -0.384. The zero-order chi connectivity index (χ0) is 15.4. The molecule has 0 bridgehead atoms. The van der Waals surface area contributed by atoms with E-state index in [0.29, 0.717) is 5.82 Å². The van der Waals surface area contributed by atoms with Gasteiger partial charge in [-0.2, -0.15) is 4.98 Å². The van der Waals surface area contributed by atoms with Crippen LogP contribution in [0, 0.1) is 17.0 Å². The summed E-state index contributed by atoms with van der Waals surface area (Å²) in [6.45, 7) is 1.65. The van der Waals surface area contributed by atoms with Crippen molar-refractivity contribution in [1.82, 2.24) is 15.5 Å². The van der Waals surface area contributed by atoms with E-state index in [1.54, 1.807) is 6.92 Å². The fraction of sp³-hybridized carbons (Fsp3) is 0.182. The number of hydrogen-bond donors (Lipinski definition) is 3. The lowest BCUT2D eigenvalue weighted by Crippen LogP contribution is -2.25. The van der Waals surface area contributed by atoms with Gasteiger partial charge in [-0.15, -0.1) is 0 Å². The van der Waals surface area contributed by atoms with Crippen LogP contribution < -0.4 is 16.6 Å². The standard InChI is InChI=1S/C11H12N6O4/c1-6-14-10(21-16-6)5-13-11(18)8-4-7(17(19)20)2-3-9(8)15-12/h2-4,15H,5,12H2,1H3,(H,13,18). The largest absolute Gasteiger partial charge is 0.343 e. The third-order valence-electron chi connectivity index (χ3n) is 2.58. The van der Waals surface area contributed by atoms with Gasteiger partial charge < -0.3 is 15.3 Å². The van der Waals surface area contributed by atoms with Gasteiger partial charge in [-0.05, 0) is 13.0 Å². The number of hydrazine groups is 1. The average molecular weight is 292 g/mol. The highest BCUT2D eigenvalue weighted by atomic mass is 16.6. The molecule has 110 valence electrons. The van der Waals surface area contributed by atoms with Crippen molar-refractivity contribution >= 4 is 17.3 Å². The number of aryl methyl sites for hydroxylation is 1. The molecule has 2 rings (SSSR count). The molecule has 0 saturated heterocycles. The van der Waals surface area contributed by atoms with Crippen LogP contribution in [0.1, 0.15) is 22.1 Å². The Morgan fingerprint density at radius 1 is 1.52 bits per heavy atom. The third kappa shape index (κ3) is 3.30. The fourth-order valence-electron chi connectivity index (χ4n) is 1.62. The second-order valence-corrected chi connectivity index (χ2v) is 4.05. The minimum Gasteiger partial charge on any atom is -0.343 e. The van der Waals surface area contributed by atoms with Gasteiger partial charge in [0.15, 0.2) is 5.82 Å². The molecule has 0 fully saturated rings. The number of nitro benzene ring substituents is 1. The van der Waals surface area contributed by atoms with E-state index in [4.69, 9.17) is 10.4 Å². The summed E-state index contributed by atoms with van der Waals surface area (Å²) in [5.74, 6) is 5.40. The van der Waals surface area contributed by atoms with Crippen LogP contribution in [0.5, 0.6) is 0 Å². The molecule has 10 heteroatoms. The van der Waals surface area contributed by atoms with Gasteiger partial charge in [0.05, 0.1) is 22.7 Å². The summed E-state index contributed by atoms with van der Waals surface area (Å²) in [5, 5.41) is 16.8. The van der Waals surface area contributed by atoms with Gasteiger partial charge in [0, 0.05) is 12.1 Å². The second kappa shape index (κ2) is 5.96. The van der Waals surface area contributed by atoms with Crippen molar-refractivity contribution in [2.24, 2.45) is 5.84 Å². The molecule has 0 aliphatic rings. The van der Waals surface area contributed by atoms with Crippen LogP contribution in [0.3, 0.4) is 0 Å². The quantitative estimate of drug-likeness (QED) is 0.409. The minimum atomic E-state index is -0.599. The molecule has 0 aliphatic heterocycles. The first-order chi connectivity index (χ1) is 10.0. The molecule has 2 aromatic rings. The predicted octanol–water partition coefficient (Wildman–Crippen LogP) is 0.502. The van der Waals surface area contributed by atoms with E-state index in [1.807, 2.05) is 0 Å². The van der Waals surface area contributed by atoms with Gasteiger partial charge in [0.1, 0.15) is 0 Å². The molecule has 1 heterocycles. The van der Waals surface area contributed by atoms with Crippen molar-refractivity contribution in [2.75, 3.05) is 5.43 Å². The monoisotopic (exact) mass is 292 g/mol. The molecule has 0 atom stereocenters. The summed E-state index contributed by atoms with van der Waals surface area (Å²) >= 11 is 0. The van der Waals surface area contributed by atoms with Crippen LogP contribution in [-0.2, 0) is 6.54 Å². The highest BCUT2D eigenvalue weighted by molar-refractivity contribution is 6.00. The smallest absolute Gasteiger partial charge is 0.270 e. The molecule has 4 N–H and O–H groups in total. The Balaban J connectivity index is 2.17. The number of carbonyl (C=O) groups excluding carboxylic acids is 1. The Morgan fingerprint density at radius 2 is 2.29 bits per heavy atom. The number of nitrogen functional groups attached to an aromatic ring is 1. The number of nitrogens with one attached hydrogen (secondary N) is 2. The number of rotatable bonds is 5. The maximum absolute atomic E-state index is 12.1. The molecule has 1 aromatic carbocycles. The maximum atomic E-state index is 12.1. The Labute approximate surface area is 118 Å². The zero-order valence-electron chi connectivity index (χ0n) is 11.0. The normalized spacial score (nSPS) is 10.2. The summed E-state index contributed by atoms with van der Waals surface area (Å²) in [5.41, 5.74) is 2.40. The van der Waals surface area contributed by atoms with Gasteiger partial charge >= 0.3 is 0 Å². The summed E-state index contributed by atoms with van der Waals surface area (Å²) in [6, 6.07) is 3.72. The van der Waals surface area contributed by atoms with Crippen molar-refractivity contribution in [2.45, 2.75) is 13.5 Å². The number of non-ortho nitro benzene ring substituents is 1. The topological polar surface area (TPSA) is 149 Å². The lowest BCUT2D eigenvalue weighted by atomic mass is 10.1. The number of hydrogen-bond acceptors (Lipinski definition) is 8. The molecule has 1 amide bonds. The predicted molar refractivity (Wildman–Crippen MR) is 71.1 cm³/mol. The number of nitro groups is 1. The van der Waals surface area contributed by atoms with Gasteiger partial charge in [0.25, 0.3) is 11.6 Å². The summed E-state index contributed by atoms with van der Waals surface area (Å²) in [6.07, 6.45) is 0. The highest BCUT2D eigenvalue weighted by Crippen LogP contribution is 2.21. The first kappa shape index (κ1) is 14.4. The molecular formula is C11H12N6O4. The molecule has 10 nitrogen and oxygen atoms in total. The van der Waals surface area contributed by atoms with Gasteiger partial charge in [-0.25, -0.2) is 0 Å². The summed E-state index contributed by atoms with van der Waals surface area (Å²) < 4.78 is 4.84. The van der Waals surface area contributed by atoms with Crippen molar-refractivity contribution in [3.8, 4) is 0 Å². The van der Waals surface area contributed by atoms with E-state index in [9.17, 15) is 14.9 Å². The molecule has 0 unspecified atom stereocenters. The average Bonchev–Trinajstić information content (AvgIpc) is 2.89. The van der Waals surface area contributed by atoms with Gasteiger partial charge in [-0.3, -0.25) is 20.8 Å². The van der Waals surface area contributed by atoms with Crippen molar-refractivity contribution in [3.05, 3.63) is 45.6 Å². The Hall–Kier alpha value is -3.01. The number of aromatic nitrogens is 2. The van der Waals surface area contributed by atoms with E-state index < -0.39 is 10.8 Å². The molecule has 1 aromatic heterocycles. The summed E-state index contributed by atoms with van der Waals surface area (Å²) in [4.78, 5) is 26.1. The van der Waals surface area contributed by atoms with Crippen LogP contribution in [0.2, 0.25) is 0 Å². The number of amides is 1. The molecule has 0 aliphatic carbocycles. The Bertz CT molecular complexity index is 683. The number of carbonyl (C=O) groups is 1. The van der Waals surface area contributed by atoms with Crippen LogP contribution in [0.4, 0.5) is 11.4 Å². The van der Waals surface area contributed by atoms with Gasteiger partial charge in [-0.1, -0.05) is 5.16 Å². The number of nitrogens with zero attached hydrogens (tertiary/aromatic N) is 3. The van der Waals surface area contributed by atoms with Crippen molar-refractivity contribution in [1.29, 1.82) is 0 Å². The number of nitrogens with two attached hydrogens (primary N) is 1. The molecular weight excluding hydrogens is 280 g/mol. The second-order valence-electron chi connectivity index (χ2n) is 4.05.